The van der Waals surface area contributed by atoms with Gasteiger partial charge in [-0.15, -0.1) is 0 Å². The minimum absolute atomic E-state index is 0.0723. The van der Waals surface area contributed by atoms with Crippen LogP contribution < -0.4 is 10.0 Å². The third-order valence-electron chi connectivity index (χ3n) is 5.69. The van der Waals surface area contributed by atoms with Crippen molar-refractivity contribution in [2.24, 2.45) is 0 Å². The smallest absolute Gasteiger partial charge is 0.262 e. The summed E-state index contributed by atoms with van der Waals surface area (Å²) in [5.74, 6) is -0.346. The second-order valence-corrected chi connectivity index (χ2v) is 9.85. The zero-order valence-electron chi connectivity index (χ0n) is 19.2. The summed E-state index contributed by atoms with van der Waals surface area (Å²) in [4.78, 5) is 16.9. The van der Waals surface area contributed by atoms with Gasteiger partial charge in [-0.2, -0.15) is 0 Å². The number of nitrogens with one attached hydrogen (secondary N) is 2. The van der Waals surface area contributed by atoms with Crippen LogP contribution in [0.1, 0.15) is 32.6 Å². The highest BCUT2D eigenvalue weighted by molar-refractivity contribution is 7.92. The van der Waals surface area contributed by atoms with E-state index in [1.807, 2.05) is 54.9 Å². The molecule has 0 spiro atoms. The van der Waals surface area contributed by atoms with Crippen LogP contribution in [0.3, 0.4) is 0 Å². The van der Waals surface area contributed by atoms with Crippen molar-refractivity contribution in [1.82, 2.24) is 14.9 Å². The van der Waals surface area contributed by atoms with Gasteiger partial charge in [0.15, 0.2) is 0 Å². The molecule has 0 unspecified atom stereocenters. The van der Waals surface area contributed by atoms with E-state index in [1.54, 1.807) is 43.7 Å². The summed E-state index contributed by atoms with van der Waals surface area (Å²) in [7, 11) is -3.86. The van der Waals surface area contributed by atoms with Crippen LogP contribution in [0, 0.1) is 20.8 Å². The van der Waals surface area contributed by atoms with Crippen LogP contribution in [0.4, 0.5) is 5.69 Å². The van der Waals surface area contributed by atoms with Gasteiger partial charge in [-0.3, -0.25) is 9.52 Å². The molecule has 0 saturated carbocycles. The van der Waals surface area contributed by atoms with Crippen LogP contribution in [0.25, 0.3) is 5.69 Å². The molecule has 0 saturated heterocycles. The molecule has 0 aliphatic rings. The van der Waals surface area contributed by atoms with E-state index >= 15 is 0 Å². The largest absolute Gasteiger partial charge is 0.348 e. The van der Waals surface area contributed by atoms with E-state index in [2.05, 4.69) is 15.0 Å². The molecule has 0 atom stereocenters. The van der Waals surface area contributed by atoms with Crippen LogP contribution in [-0.2, 0) is 16.6 Å². The molecule has 0 fully saturated rings. The first-order valence-electron chi connectivity index (χ1n) is 10.8. The van der Waals surface area contributed by atoms with Crippen molar-refractivity contribution >= 4 is 21.6 Å². The summed E-state index contributed by atoms with van der Waals surface area (Å²) in [5.41, 5.74) is 5.28. The first kappa shape index (κ1) is 23.3. The zero-order valence-corrected chi connectivity index (χ0v) is 20.1. The molecule has 1 aromatic heterocycles. The third kappa shape index (κ3) is 5.18. The standard InChI is InChI=1S/C26H26N4O3S/c1-18-5-9-23(14-20(18)3)29-34(32,33)25-15-22(8-4-19(25)2)26(31)28-16-21-6-10-24(11-7-21)30-13-12-27-17-30/h4-15,17,29H,16H2,1-3H3,(H,28,31). The maximum absolute atomic E-state index is 13.1. The maximum atomic E-state index is 13.1. The zero-order chi connectivity index (χ0) is 24.3. The van der Waals surface area contributed by atoms with E-state index in [0.717, 1.165) is 22.4 Å². The molecule has 3 aromatic carbocycles. The van der Waals surface area contributed by atoms with Crippen molar-refractivity contribution in [3.8, 4) is 5.69 Å². The highest BCUT2D eigenvalue weighted by Crippen LogP contribution is 2.22. The van der Waals surface area contributed by atoms with Crippen LogP contribution in [-0.4, -0.2) is 23.9 Å². The molecular formula is C26H26N4O3S. The molecule has 1 amide bonds. The average Bonchev–Trinajstić information content (AvgIpc) is 3.35. The Labute approximate surface area is 199 Å². The van der Waals surface area contributed by atoms with E-state index < -0.39 is 10.0 Å². The van der Waals surface area contributed by atoms with Crippen molar-refractivity contribution in [3.05, 3.63) is 107 Å². The Balaban J connectivity index is 1.47. The lowest BCUT2D eigenvalue weighted by Crippen LogP contribution is -2.23. The summed E-state index contributed by atoms with van der Waals surface area (Å²) in [6.45, 7) is 5.92. The molecular weight excluding hydrogens is 448 g/mol. The highest BCUT2D eigenvalue weighted by atomic mass is 32.2. The second kappa shape index (κ2) is 9.52. The lowest BCUT2D eigenvalue weighted by Gasteiger charge is -2.13. The molecule has 0 radical (unpaired) electrons. The van der Waals surface area contributed by atoms with Gasteiger partial charge < -0.3 is 9.88 Å². The predicted octanol–water partition coefficient (Wildman–Crippen LogP) is 4.53. The number of aromatic nitrogens is 2. The van der Waals surface area contributed by atoms with E-state index in [1.165, 1.54) is 6.07 Å². The molecule has 2 N–H and O–H groups in total. The fraction of sp³-hybridized carbons (Fsp3) is 0.154. The van der Waals surface area contributed by atoms with Gasteiger partial charge in [0.2, 0.25) is 0 Å². The Morgan fingerprint density at radius 2 is 1.65 bits per heavy atom. The highest BCUT2D eigenvalue weighted by Gasteiger charge is 2.19. The molecule has 8 heteroatoms. The summed E-state index contributed by atoms with van der Waals surface area (Å²) in [5, 5.41) is 2.86. The van der Waals surface area contributed by atoms with E-state index in [9.17, 15) is 13.2 Å². The average molecular weight is 475 g/mol. The van der Waals surface area contributed by atoms with Crippen molar-refractivity contribution in [3.63, 3.8) is 0 Å². The summed E-state index contributed by atoms with van der Waals surface area (Å²) >= 11 is 0. The molecule has 174 valence electrons. The number of imidazole rings is 1. The second-order valence-electron chi connectivity index (χ2n) is 8.20. The predicted molar refractivity (Wildman–Crippen MR) is 133 cm³/mol. The molecule has 34 heavy (non-hydrogen) atoms. The molecule has 4 rings (SSSR count). The summed E-state index contributed by atoms with van der Waals surface area (Å²) in [6.07, 6.45) is 5.28. The lowest BCUT2D eigenvalue weighted by molar-refractivity contribution is 0.0950. The van der Waals surface area contributed by atoms with E-state index in [-0.39, 0.29) is 16.4 Å². The number of hydrogen-bond donors (Lipinski definition) is 2. The minimum Gasteiger partial charge on any atom is -0.348 e. The number of sulfonamides is 1. The Morgan fingerprint density at radius 1 is 0.912 bits per heavy atom. The molecule has 0 aliphatic carbocycles. The quantitative estimate of drug-likeness (QED) is 0.412. The van der Waals surface area contributed by atoms with Gasteiger partial charge in [0.1, 0.15) is 0 Å². The van der Waals surface area contributed by atoms with Crippen LogP contribution in [0.5, 0.6) is 0 Å². The Bertz CT molecular complexity index is 1430. The number of rotatable bonds is 7. The number of carbonyl (C=O) groups excluding carboxylic acids is 1. The van der Waals surface area contributed by atoms with Crippen molar-refractivity contribution in [1.29, 1.82) is 0 Å². The summed E-state index contributed by atoms with van der Waals surface area (Å²) < 4.78 is 30.6. The van der Waals surface area contributed by atoms with E-state index in [4.69, 9.17) is 0 Å². The lowest BCUT2D eigenvalue weighted by atomic mass is 10.1. The molecule has 1 heterocycles. The Morgan fingerprint density at radius 3 is 2.32 bits per heavy atom. The topological polar surface area (TPSA) is 93.1 Å². The Hall–Kier alpha value is -3.91. The van der Waals surface area contributed by atoms with Gasteiger partial charge in [0, 0.05) is 35.9 Å². The third-order valence-corrected chi connectivity index (χ3v) is 7.21. The van der Waals surface area contributed by atoms with Crippen molar-refractivity contribution in [2.45, 2.75) is 32.2 Å². The minimum atomic E-state index is -3.86. The van der Waals surface area contributed by atoms with Gasteiger partial charge in [0.05, 0.1) is 11.2 Å². The number of benzene rings is 3. The molecule has 7 nitrogen and oxygen atoms in total. The van der Waals surface area contributed by atoms with Gasteiger partial charge in [-0.25, -0.2) is 13.4 Å². The number of carbonyl (C=O) groups is 1. The number of hydrogen-bond acceptors (Lipinski definition) is 4. The monoisotopic (exact) mass is 474 g/mol. The van der Waals surface area contributed by atoms with Crippen molar-refractivity contribution < 1.29 is 13.2 Å². The van der Waals surface area contributed by atoms with Gasteiger partial charge in [-0.1, -0.05) is 24.3 Å². The first-order valence-corrected chi connectivity index (χ1v) is 12.3. The number of nitrogens with zero attached hydrogens (tertiary/aromatic N) is 2. The Kier molecular flexibility index (Phi) is 6.51. The first-order chi connectivity index (χ1) is 16.2. The fourth-order valence-electron chi connectivity index (χ4n) is 3.53. The maximum Gasteiger partial charge on any atom is 0.262 e. The van der Waals surface area contributed by atoms with Crippen LogP contribution in [0.15, 0.2) is 84.3 Å². The molecule has 0 bridgehead atoms. The number of amides is 1. The molecule has 0 aliphatic heterocycles. The normalized spacial score (nSPS) is 11.3. The number of anilines is 1. The fourth-order valence-corrected chi connectivity index (χ4v) is 4.85. The SMILES string of the molecule is Cc1ccc(NS(=O)(=O)c2cc(C(=O)NCc3ccc(-n4ccnc4)cc3)ccc2C)cc1C. The van der Waals surface area contributed by atoms with Gasteiger partial charge in [-0.05, 0) is 79.4 Å². The van der Waals surface area contributed by atoms with Crippen molar-refractivity contribution in [2.75, 3.05) is 4.72 Å². The van der Waals surface area contributed by atoms with Crippen LogP contribution in [0.2, 0.25) is 0 Å². The molecule has 4 aromatic rings. The van der Waals surface area contributed by atoms with E-state index in [0.29, 0.717) is 17.8 Å². The number of aryl methyl sites for hydroxylation is 3. The van der Waals surface area contributed by atoms with Gasteiger partial charge >= 0.3 is 0 Å². The van der Waals surface area contributed by atoms with Crippen LogP contribution >= 0.6 is 0 Å². The van der Waals surface area contributed by atoms with Gasteiger partial charge in [0.25, 0.3) is 15.9 Å². The summed E-state index contributed by atoms with van der Waals surface area (Å²) in [6, 6.07) is 17.8.